The molecule has 1 aromatic carbocycles. The fraction of sp³-hybridized carbons (Fsp3) is 0.455. The lowest BCUT2D eigenvalue weighted by atomic mass is 9.89. The van der Waals surface area contributed by atoms with Gasteiger partial charge in [0.25, 0.3) is 5.82 Å². The molecular weight excluding hydrogens is 370 g/mol. The summed E-state index contributed by atoms with van der Waals surface area (Å²) in [5.74, 6) is 1.91. The summed E-state index contributed by atoms with van der Waals surface area (Å²) in [7, 11) is 0. The number of benzene rings is 1. The molecule has 28 heavy (non-hydrogen) atoms. The maximum absolute atomic E-state index is 9.99. The fourth-order valence-corrected chi connectivity index (χ4v) is 4.77. The van der Waals surface area contributed by atoms with Crippen LogP contribution in [0.15, 0.2) is 35.4 Å². The van der Waals surface area contributed by atoms with Crippen molar-refractivity contribution in [1.82, 2.24) is 0 Å². The van der Waals surface area contributed by atoms with Crippen molar-refractivity contribution >= 4 is 17.6 Å². The Morgan fingerprint density at radius 1 is 1.18 bits per heavy atom. The van der Waals surface area contributed by atoms with E-state index in [0.29, 0.717) is 6.61 Å². The van der Waals surface area contributed by atoms with E-state index in [1.807, 2.05) is 6.07 Å². The Morgan fingerprint density at radius 2 is 1.93 bits per heavy atom. The number of nitrogens with zero attached hydrogens (tertiary/aromatic N) is 2. The molecule has 0 aliphatic carbocycles. The van der Waals surface area contributed by atoms with Crippen LogP contribution in [0.5, 0.6) is 0 Å². The zero-order chi connectivity index (χ0) is 19.6. The number of rotatable bonds is 4. The van der Waals surface area contributed by atoms with Crippen molar-refractivity contribution in [3.8, 4) is 6.07 Å². The van der Waals surface area contributed by atoms with Crippen LogP contribution in [0.4, 0.5) is 5.82 Å². The Kier molecular flexibility index (Phi) is 5.58. The number of nitriles is 1. The van der Waals surface area contributed by atoms with E-state index in [-0.39, 0.29) is 5.60 Å². The molecule has 1 fully saturated rings. The first kappa shape index (κ1) is 19.3. The Bertz CT molecular complexity index is 887. The van der Waals surface area contributed by atoms with Gasteiger partial charge in [0.05, 0.1) is 31.0 Å². The molecule has 0 spiro atoms. The zero-order valence-electron chi connectivity index (χ0n) is 16.5. The van der Waals surface area contributed by atoms with Gasteiger partial charge in [0, 0.05) is 12.2 Å². The summed E-state index contributed by atoms with van der Waals surface area (Å²) in [5, 5.41) is 10.9. The molecule has 2 aliphatic rings. The van der Waals surface area contributed by atoms with Crippen molar-refractivity contribution in [2.24, 2.45) is 0 Å². The average Bonchev–Trinajstić information content (AvgIpc) is 2.72. The first-order valence-electron chi connectivity index (χ1n) is 9.72. The van der Waals surface area contributed by atoms with E-state index in [0.717, 1.165) is 66.0 Å². The number of hydrogen-bond donors (Lipinski definition) is 0. The summed E-state index contributed by atoms with van der Waals surface area (Å²) in [4.78, 5) is 5.92. The highest BCUT2D eigenvalue weighted by atomic mass is 32.2. The van der Waals surface area contributed by atoms with Gasteiger partial charge in [0.15, 0.2) is 5.03 Å². The van der Waals surface area contributed by atoms with Crippen molar-refractivity contribution < 1.29 is 14.5 Å². The van der Waals surface area contributed by atoms with Gasteiger partial charge in [-0.1, -0.05) is 42.1 Å². The molecule has 0 atom stereocenters. The topological polar surface area (TPSA) is 59.6 Å². The molecule has 1 saturated heterocycles. The number of hydrogen-bond acceptors (Lipinski definition) is 5. The number of H-pyrrole nitrogens is 1. The molecule has 0 amide bonds. The quantitative estimate of drug-likeness (QED) is 0.742. The molecule has 0 radical (unpaired) electrons. The summed E-state index contributed by atoms with van der Waals surface area (Å²) in [5.41, 5.74) is 4.02. The van der Waals surface area contributed by atoms with Gasteiger partial charge >= 0.3 is 0 Å². The molecule has 1 N–H and O–H groups in total. The molecular formula is C22H26N3O2S+. The van der Waals surface area contributed by atoms with Crippen LogP contribution in [0, 0.1) is 11.3 Å². The second-order valence-corrected chi connectivity index (χ2v) is 8.83. The van der Waals surface area contributed by atoms with Gasteiger partial charge < -0.3 is 9.47 Å². The Labute approximate surface area is 170 Å². The smallest absolute Gasteiger partial charge is 0.281 e. The van der Waals surface area contributed by atoms with E-state index in [9.17, 15) is 5.26 Å². The lowest BCUT2D eigenvalue weighted by molar-refractivity contribution is -0.415. The highest BCUT2D eigenvalue weighted by Gasteiger charge is 2.36. The summed E-state index contributed by atoms with van der Waals surface area (Å²) in [6, 6.07) is 12.9. The third kappa shape index (κ3) is 4.02. The molecule has 5 nitrogen and oxygen atoms in total. The normalized spacial score (nSPS) is 18.4. The molecule has 4 rings (SSSR count). The highest BCUT2D eigenvalue weighted by Crippen LogP contribution is 2.37. The van der Waals surface area contributed by atoms with E-state index >= 15 is 0 Å². The number of aromatic amines is 1. The predicted molar refractivity (Wildman–Crippen MR) is 109 cm³/mol. The number of thioether (sulfide) groups is 1. The Morgan fingerprint density at radius 3 is 2.64 bits per heavy atom. The molecule has 2 aromatic rings. The summed E-state index contributed by atoms with van der Waals surface area (Å²) < 4.78 is 11.6. The van der Waals surface area contributed by atoms with Gasteiger partial charge in [0.2, 0.25) is 0 Å². The van der Waals surface area contributed by atoms with E-state index in [1.165, 1.54) is 5.56 Å². The van der Waals surface area contributed by atoms with E-state index in [2.05, 4.69) is 54.1 Å². The van der Waals surface area contributed by atoms with Crippen molar-refractivity contribution in [3.05, 3.63) is 52.6 Å². The van der Waals surface area contributed by atoms with Gasteiger partial charge in [-0.3, -0.25) is 4.90 Å². The fourth-order valence-electron chi connectivity index (χ4n) is 3.78. The van der Waals surface area contributed by atoms with E-state index in [4.69, 9.17) is 9.47 Å². The lowest BCUT2D eigenvalue weighted by Gasteiger charge is -2.34. The zero-order valence-corrected chi connectivity index (χ0v) is 17.3. The lowest BCUT2D eigenvalue weighted by Crippen LogP contribution is -2.43. The minimum atomic E-state index is -0.260. The van der Waals surface area contributed by atoms with Crippen LogP contribution in [-0.2, 0) is 28.3 Å². The summed E-state index contributed by atoms with van der Waals surface area (Å²) in [6.07, 6.45) is 0.746. The van der Waals surface area contributed by atoms with Crippen LogP contribution in [0.1, 0.15) is 36.1 Å². The monoisotopic (exact) mass is 396 g/mol. The SMILES string of the molecule is CC1(C)Cc2c(C#N)c(SCc3ccccc3)[nH+]c(N3CCOCC3)c2CO1. The van der Waals surface area contributed by atoms with Crippen LogP contribution in [0.3, 0.4) is 0 Å². The standard InChI is InChI=1S/C22H25N3O2S/c1-22(2)12-17-18(13-23)21(28-15-16-6-4-3-5-7-16)24-20(19(17)14-27-22)25-8-10-26-11-9-25/h3-7H,8-12,14-15H2,1-2H3/p+1. The molecule has 3 heterocycles. The van der Waals surface area contributed by atoms with Crippen LogP contribution < -0.4 is 9.88 Å². The molecule has 0 saturated carbocycles. The van der Waals surface area contributed by atoms with Crippen molar-refractivity contribution in [1.29, 1.82) is 5.26 Å². The van der Waals surface area contributed by atoms with Gasteiger partial charge in [-0.2, -0.15) is 5.26 Å². The minimum absolute atomic E-state index is 0.260. The molecule has 6 heteroatoms. The number of pyridine rings is 1. The van der Waals surface area contributed by atoms with Crippen molar-refractivity contribution in [2.75, 3.05) is 31.2 Å². The largest absolute Gasteiger partial charge is 0.373 e. The number of fused-ring (bicyclic) bond motifs is 1. The maximum atomic E-state index is 9.99. The molecule has 0 unspecified atom stereocenters. The van der Waals surface area contributed by atoms with E-state index in [1.54, 1.807) is 11.8 Å². The van der Waals surface area contributed by atoms with Gasteiger partial charge in [-0.05, 0) is 25.0 Å². The van der Waals surface area contributed by atoms with Gasteiger partial charge in [-0.25, -0.2) is 4.98 Å². The molecule has 146 valence electrons. The summed E-state index contributed by atoms with van der Waals surface area (Å²) >= 11 is 1.70. The minimum Gasteiger partial charge on any atom is -0.373 e. The van der Waals surface area contributed by atoms with Crippen LogP contribution >= 0.6 is 11.8 Å². The third-order valence-corrected chi connectivity index (χ3v) is 6.36. The molecule has 1 aromatic heterocycles. The van der Waals surface area contributed by atoms with Gasteiger partial charge in [-0.15, -0.1) is 0 Å². The number of nitrogens with one attached hydrogen (secondary N) is 1. The summed E-state index contributed by atoms with van der Waals surface area (Å²) in [6.45, 7) is 7.87. The van der Waals surface area contributed by atoms with Gasteiger partial charge in [0.1, 0.15) is 24.7 Å². The van der Waals surface area contributed by atoms with Crippen molar-refractivity contribution in [3.63, 3.8) is 0 Å². The number of morpholine rings is 1. The molecule has 2 aliphatic heterocycles. The second-order valence-electron chi connectivity index (χ2n) is 7.85. The van der Waals surface area contributed by atoms with Crippen LogP contribution in [-0.4, -0.2) is 31.9 Å². The Balaban J connectivity index is 1.75. The first-order valence-corrected chi connectivity index (χ1v) is 10.7. The third-order valence-electron chi connectivity index (χ3n) is 5.29. The first-order chi connectivity index (χ1) is 13.6. The van der Waals surface area contributed by atoms with E-state index < -0.39 is 0 Å². The number of ether oxygens (including phenoxy) is 2. The van der Waals surface area contributed by atoms with Crippen LogP contribution in [0.2, 0.25) is 0 Å². The predicted octanol–water partition coefficient (Wildman–Crippen LogP) is 3.35. The Hall–Kier alpha value is -2.07. The number of anilines is 1. The molecule has 0 bridgehead atoms. The van der Waals surface area contributed by atoms with Crippen LogP contribution in [0.25, 0.3) is 0 Å². The maximum Gasteiger partial charge on any atom is 0.281 e. The average molecular weight is 397 g/mol. The second kappa shape index (κ2) is 8.12. The number of aromatic nitrogens is 1. The van der Waals surface area contributed by atoms with Crippen molar-refractivity contribution in [2.45, 2.75) is 43.3 Å². The highest BCUT2D eigenvalue weighted by molar-refractivity contribution is 7.98.